The van der Waals surface area contributed by atoms with Crippen molar-refractivity contribution < 1.29 is 0 Å². The van der Waals surface area contributed by atoms with Crippen LogP contribution in [-0.2, 0) is 0 Å². The fourth-order valence-electron chi connectivity index (χ4n) is 1.51. The van der Waals surface area contributed by atoms with Crippen LogP contribution in [0.3, 0.4) is 0 Å². The molecule has 0 unspecified atom stereocenters. The van der Waals surface area contributed by atoms with Crippen molar-refractivity contribution in [2.24, 2.45) is 0 Å². The van der Waals surface area contributed by atoms with Gasteiger partial charge in [-0.05, 0) is 23.4 Å². The molecule has 0 saturated carbocycles. The molecule has 0 atom stereocenters. The van der Waals surface area contributed by atoms with Crippen LogP contribution in [0.4, 0.5) is 0 Å². The maximum absolute atomic E-state index is 8.84. The molecule has 1 aromatic carbocycles. The summed E-state index contributed by atoms with van der Waals surface area (Å²) in [5, 5.41) is 20.9. The van der Waals surface area contributed by atoms with Crippen molar-refractivity contribution >= 4 is 0 Å². The Morgan fingerprint density at radius 1 is 1.33 bits per heavy atom. The van der Waals surface area contributed by atoms with E-state index in [0.717, 1.165) is 0 Å². The second-order valence-corrected chi connectivity index (χ2v) is 3.53. The monoisotopic (exact) mass is 237 g/mol. The normalized spacial score (nSPS) is 10.2. The number of benzene rings is 1. The van der Waals surface area contributed by atoms with Gasteiger partial charge in [0.25, 0.3) is 0 Å². The molecule has 2 aromatic heterocycles. The van der Waals surface area contributed by atoms with E-state index in [1.54, 1.807) is 36.8 Å². The summed E-state index contributed by atoms with van der Waals surface area (Å²) in [4.78, 5) is 8.16. The van der Waals surface area contributed by atoms with Gasteiger partial charge in [-0.1, -0.05) is 6.07 Å². The number of nitrogens with one attached hydrogen (secondary N) is 1. The van der Waals surface area contributed by atoms with Crippen LogP contribution < -0.4 is 0 Å². The second kappa shape index (κ2) is 4.10. The van der Waals surface area contributed by atoms with Gasteiger partial charge in [0.05, 0.1) is 29.8 Å². The van der Waals surface area contributed by atoms with Crippen molar-refractivity contribution in [2.75, 3.05) is 0 Å². The van der Waals surface area contributed by atoms with Crippen LogP contribution in [0.15, 0.2) is 36.8 Å². The first-order chi connectivity index (χ1) is 8.86. The molecule has 0 saturated heterocycles. The number of imidazole rings is 1. The van der Waals surface area contributed by atoms with Gasteiger partial charge in [-0.3, -0.25) is 0 Å². The van der Waals surface area contributed by atoms with Gasteiger partial charge in [0.2, 0.25) is 5.82 Å². The Bertz CT molecular complexity index is 705. The Morgan fingerprint density at radius 3 is 3.06 bits per heavy atom. The molecule has 3 aromatic rings. The van der Waals surface area contributed by atoms with Crippen LogP contribution >= 0.6 is 0 Å². The molecule has 0 radical (unpaired) electrons. The van der Waals surface area contributed by atoms with Crippen molar-refractivity contribution in [3.63, 3.8) is 0 Å². The van der Waals surface area contributed by atoms with Gasteiger partial charge in [-0.25, -0.2) is 4.98 Å². The average molecular weight is 237 g/mol. The Balaban J connectivity index is 2.01. The third-order valence-electron chi connectivity index (χ3n) is 2.36. The van der Waals surface area contributed by atoms with E-state index >= 15 is 0 Å². The Hall–Kier alpha value is -3.01. The van der Waals surface area contributed by atoms with Crippen LogP contribution in [0.5, 0.6) is 0 Å². The summed E-state index contributed by atoms with van der Waals surface area (Å²) < 4.78 is 0. The zero-order chi connectivity index (χ0) is 12.4. The van der Waals surface area contributed by atoms with E-state index in [9.17, 15) is 0 Å². The molecule has 0 aliphatic heterocycles. The van der Waals surface area contributed by atoms with Crippen molar-refractivity contribution in [2.45, 2.75) is 0 Å². The van der Waals surface area contributed by atoms with Crippen molar-refractivity contribution in [1.29, 1.82) is 5.26 Å². The first-order valence-corrected chi connectivity index (χ1v) is 5.16. The van der Waals surface area contributed by atoms with Gasteiger partial charge in [-0.2, -0.15) is 5.26 Å². The molecule has 0 bridgehead atoms. The van der Waals surface area contributed by atoms with E-state index in [-0.39, 0.29) is 0 Å². The lowest BCUT2D eigenvalue weighted by atomic mass is 10.2. The minimum atomic E-state index is 0.454. The average Bonchev–Trinajstić information content (AvgIpc) is 3.09. The highest BCUT2D eigenvalue weighted by atomic mass is 15.6. The van der Waals surface area contributed by atoms with Crippen LogP contribution in [0.2, 0.25) is 0 Å². The van der Waals surface area contributed by atoms with Crippen LogP contribution in [-0.4, -0.2) is 30.2 Å². The molecular weight excluding hydrogens is 230 g/mol. The number of rotatable bonds is 2. The highest BCUT2D eigenvalue weighted by Crippen LogP contribution is 2.11. The minimum Gasteiger partial charge on any atom is -0.342 e. The minimum absolute atomic E-state index is 0.454. The molecule has 0 aliphatic carbocycles. The van der Waals surface area contributed by atoms with Crippen LogP contribution in [0.25, 0.3) is 17.2 Å². The summed E-state index contributed by atoms with van der Waals surface area (Å²) in [6.07, 6.45) is 3.17. The lowest BCUT2D eigenvalue weighted by molar-refractivity contribution is 0.720. The Kier molecular flexibility index (Phi) is 2.32. The molecule has 7 heteroatoms. The first kappa shape index (κ1) is 10.2. The molecular formula is C11H7N7. The highest BCUT2D eigenvalue weighted by Gasteiger charge is 2.08. The molecule has 0 fully saturated rings. The molecule has 1 N–H and O–H groups in total. The third kappa shape index (κ3) is 1.72. The fourth-order valence-corrected chi connectivity index (χ4v) is 1.51. The first-order valence-electron chi connectivity index (χ1n) is 5.16. The van der Waals surface area contributed by atoms with Gasteiger partial charge in [0.1, 0.15) is 5.69 Å². The SMILES string of the molecule is N#Cc1cccc(-n2nnc(-c3cnc[nH]3)n2)c1. The number of aromatic nitrogens is 6. The second-order valence-electron chi connectivity index (χ2n) is 3.53. The summed E-state index contributed by atoms with van der Waals surface area (Å²) in [6.45, 7) is 0. The summed E-state index contributed by atoms with van der Waals surface area (Å²) in [5.74, 6) is 0.454. The van der Waals surface area contributed by atoms with E-state index in [4.69, 9.17) is 5.26 Å². The molecule has 0 spiro atoms. The lowest BCUT2D eigenvalue weighted by Gasteiger charge is -1.97. The van der Waals surface area contributed by atoms with Crippen molar-refractivity contribution in [3.05, 3.63) is 42.4 Å². The lowest BCUT2D eigenvalue weighted by Crippen LogP contribution is -1.99. The molecule has 3 rings (SSSR count). The summed E-state index contributed by atoms with van der Waals surface area (Å²) in [5.41, 5.74) is 1.93. The summed E-state index contributed by atoms with van der Waals surface area (Å²) in [6, 6.07) is 9.05. The quantitative estimate of drug-likeness (QED) is 0.715. The van der Waals surface area contributed by atoms with Gasteiger partial charge in [0, 0.05) is 0 Å². The molecule has 0 amide bonds. The number of aromatic amines is 1. The Morgan fingerprint density at radius 2 is 2.28 bits per heavy atom. The largest absolute Gasteiger partial charge is 0.342 e. The number of nitriles is 1. The van der Waals surface area contributed by atoms with Gasteiger partial charge < -0.3 is 4.98 Å². The van der Waals surface area contributed by atoms with Crippen LogP contribution in [0, 0.1) is 11.3 Å². The fraction of sp³-hybridized carbons (Fsp3) is 0. The Labute approximate surface area is 102 Å². The predicted octanol–water partition coefficient (Wildman–Crippen LogP) is 0.924. The van der Waals surface area contributed by atoms with Crippen LogP contribution in [0.1, 0.15) is 5.56 Å². The zero-order valence-corrected chi connectivity index (χ0v) is 9.15. The predicted molar refractivity (Wildman–Crippen MR) is 61.5 cm³/mol. The molecule has 86 valence electrons. The summed E-state index contributed by atoms with van der Waals surface area (Å²) >= 11 is 0. The highest BCUT2D eigenvalue weighted by molar-refractivity contribution is 5.46. The van der Waals surface area contributed by atoms with E-state index in [1.165, 1.54) is 4.80 Å². The molecule has 0 aliphatic rings. The van der Waals surface area contributed by atoms with Gasteiger partial charge >= 0.3 is 0 Å². The molecule has 7 nitrogen and oxygen atoms in total. The number of nitrogens with zero attached hydrogens (tertiary/aromatic N) is 6. The van der Waals surface area contributed by atoms with Gasteiger partial charge in [0.15, 0.2) is 0 Å². The standard InChI is InChI=1S/C11H7N7/c12-5-8-2-1-3-9(4-8)18-16-11(15-17-18)10-6-13-7-14-10/h1-4,6-7H,(H,13,14). The zero-order valence-electron chi connectivity index (χ0n) is 9.15. The maximum atomic E-state index is 8.84. The summed E-state index contributed by atoms with van der Waals surface area (Å²) in [7, 11) is 0. The smallest absolute Gasteiger partial charge is 0.223 e. The number of H-pyrrole nitrogens is 1. The van der Waals surface area contributed by atoms with E-state index in [2.05, 4.69) is 31.4 Å². The van der Waals surface area contributed by atoms with E-state index in [1.807, 2.05) is 0 Å². The van der Waals surface area contributed by atoms with E-state index in [0.29, 0.717) is 22.8 Å². The topological polar surface area (TPSA) is 96.1 Å². The van der Waals surface area contributed by atoms with Gasteiger partial charge in [-0.15, -0.1) is 15.0 Å². The number of hydrogen-bond donors (Lipinski definition) is 1. The molecule has 2 heterocycles. The van der Waals surface area contributed by atoms with Crippen molar-refractivity contribution in [3.8, 4) is 23.3 Å². The third-order valence-corrected chi connectivity index (χ3v) is 2.36. The van der Waals surface area contributed by atoms with E-state index < -0.39 is 0 Å². The maximum Gasteiger partial charge on any atom is 0.223 e. The number of hydrogen-bond acceptors (Lipinski definition) is 5. The number of tetrazole rings is 1. The molecule has 18 heavy (non-hydrogen) atoms. The van der Waals surface area contributed by atoms with Crippen molar-refractivity contribution in [1.82, 2.24) is 30.2 Å².